The zero-order chi connectivity index (χ0) is 13.7. The summed E-state index contributed by atoms with van der Waals surface area (Å²) in [6, 6.07) is 7.56. The third kappa shape index (κ3) is 3.11. The second-order valence-corrected chi connectivity index (χ2v) is 3.96. The van der Waals surface area contributed by atoms with Crippen molar-refractivity contribution in [1.29, 1.82) is 0 Å². The summed E-state index contributed by atoms with van der Waals surface area (Å²) in [5, 5.41) is 3.40. The van der Waals surface area contributed by atoms with Crippen molar-refractivity contribution in [2.45, 2.75) is 0 Å². The molecule has 100 valence electrons. The van der Waals surface area contributed by atoms with Crippen LogP contribution in [0.3, 0.4) is 0 Å². The van der Waals surface area contributed by atoms with Crippen LogP contribution in [-0.4, -0.2) is 37.1 Å². The molecule has 0 atom stereocenters. The Morgan fingerprint density at radius 2 is 2.26 bits per heavy atom. The Morgan fingerprint density at radius 3 is 3.05 bits per heavy atom. The number of amides is 1. The van der Waals surface area contributed by atoms with E-state index in [1.807, 2.05) is 24.3 Å². The molecule has 0 fully saturated rings. The molecule has 1 aromatic carbocycles. The molecule has 0 saturated heterocycles. The number of ether oxygens (including phenoxy) is 1. The van der Waals surface area contributed by atoms with Crippen molar-refractivity contribution >= 4 is 22.8 Å². The first-order valence-corrected chi connectivity index (χ1v) is 5.88. The van der Waals surface area contributed by atoms with Gasteiger partial charge in [-0.1, -0.05) is 18.2 Å². The zero-order valence-corrected chi connectivity index (χ0v) is 10.6. The first-order valence-electron chi connectivity index (χ1n) is 5.88. The third-order valence-corrected chi connectivity index (χ3v) is 2.65. The normalized spacial score (nSPS) is 11.7. The molecule has 1 amide bonds. The number of aromatic amines is 1. The molecule has 6 nitrogen and oxygen atoms in total. The lowest BCUT2D eigenvalue weighted by Crippen LogP contribution is -2.37. The fraction of sp³-hybridized carbons (Fsp3) is 0.231. The molecule has 0 aliphatic rings. The van der Waals surface area contributed by atoms with Gasteiger partial charge in [0.15, 0.2) is 5.96 Å². The molecular formula is C13H16N4O2. The van der Waals surface area contributed by atoms with Gasteiger partial charge < -0.3 is 15.5 Å². The number of nitrogens with two attached hydrogens (primary N) is 1. The smallest absolute Gasteiger partial charge is 0.260 e. The second kappa shape index (κ2) is 6.01. The van der Waals surface area contributed by atoms with Crippen LogP contribution >= 0.6 is 0 Å². The molecule has 2 aromatic rings. The fourth-order valence-corrected chi connectivity index (χ4v) is 1.74. The van der Waals surface area contributed by atoms with E-state index in [1.54, 1.807) is 13.3 Å². The third-order valence-electron chi connectivity index (χ3n) is 2.65. The van der Waals surface area contributed by atoms with Gasteiger partial charge in [0.25, 0.3) is 5.91 Å². The van der Waals surface area contributed by atoms with Crippen LogP contribution in [0.5, 0.6) is 0 Å². The lowest BCUT2D eigenvalue weighted by molar-refractivity contribution is 0.0978. The topological polar surface area (TPSA) is 92.5 Å². The van der Waals surface area contributed by atoms with Gasteiger partial charge in [-0.2, -0.15) is 0 Å². The van der Waals surface area contributed by atoms with Crippen molar-refractivity contribution < 1.29 is 9.53 Å². The minimum atomic E-state index is -0.281. The SMILES string of the molecule is COCCN=C(N)NC(=O)c1c[nH]c2ccccc12. The van der Waals surface area contributed by atoms with Crippen LogP contribution in [0.25, 0.3) is 10.9 Å². The van der Waals surface area contributed by atoms with Crippen molar-refractivity contribution in [3.63, 3.8) is 0 Å². The quantitative estimate of drug-likeness (QED) is 0.432. The summed E-state index contributed by atoms with van der Waals surface area (Å²) in [6.07, 6.45) is 1.66. The standard InChI is InChI=1S/C13H16N4O2/c1-19-7-6-15-13(14)17-12(18)10-8-16-11-5-3-2-4-9(10)11/h2-5,8,16H,6-7H2,1H3,(H3,14,15,17,18). The van der Waals surface area contributed by atoms with Crippen molar-refractivity contribution in [3.05, 3.63) is 36.0 Å². The Morgan fingerprint density at radius 1 is 1.47 bits per heavy atom. The van der Waals surface area contributed by atoms with Crippen LogP contribution < -0.4 is 11.1 Å². The minimum absolute atomic E-state index is 0.0901. The van der Waals surface area contributed by atoms with E-state index in [1.165, 1.54) is 0 Å². The maximum absolute atomic E-state index is 12.0. The van der Waals surface area contributed by atoms with Gasteiger partial charge in [0.2, 0.25) is 0 Å². The summed E-state index contributed by atoms with van der Waals surface area (Å²) in [7, 11) is 1.58. The van der Waals surface area contributed by atoms with Crippen molar-refractivity contribution in [2.24, 2.45) is 10.7 Å². The van der Waals surface area contributed by atoms with Crippen LogP contribution in [0, 0.1) is 0 Å². The second-order valence-electron chi connectivity index (χ2n) is 3.96. The number of guanidine groups is 1. The van der Waals surface area contributed by atoms with Crippen LogP contribution in [0.15, 0.2) is 35.5 Å². The summed E-state index contributed by atoms with van der Waals surface area (Å²) in [5.41, 5.74) is 7.07. The van der Waals surface area contributed by atoms with Gasteiger partial charge in [0.1, 0.15) is 0 Å². The lowest BCUT2D eigenvalue weighted by Gasteiger charge is -2.03. The first kappa shape index (κ1) is 13.1. The van der Waals surface area contributed by atoms with Crippen molar-refractivity contribution in [1.82, 2.24) is 10.3 Å². The summed E-state index contributed by atoms with van der Waals surface area (Å²) >= 11 is 0. The molecule has 0 unspecified atom stereocenters. The van der Waals surface area contributed by atoms with E-state index in [0.717, 1.165) is 10.9 Å². The Kier molecular flexibility index (Phi) is 4.15. The van der Waals surface area contributed by atoms with Crippen LogP contribution in [-0.2, 0) is 4.74 Å². The molecule has 0 saturated carbocycles. The molecule has 4 N–H and O–H groups in total. The van der Waals surface area contributed by atoms with E-state index in [0.29, 0.717) is 18.7 Å². The number of para-hydroxylation sites is 1. The molecule has 0 aliphatic heterocycles. The number of nitrogens with zero attached hydrogens (tertiary/aromatic N) is 1. The minimum Gasteiger partial charge on any atom is -0.383 e. The molecule has 1 heterocycles. The van der Waals surface area contributed by atoms with Crippen molar-refractivity contribution in [3.8, 4) is 0 Å². The lowest BCUT2D eigenvalue weighted by atomic mass is 10.1. The molecule has 0 radical (unpaired) electrons. The molecule has 0 aliphatic carbocycles. The number of methoxy groups -OCH3 is 1. The maximum Gasteiger partial charge on any atom is 0.260 e. The molecule has 6 heteroatoms. The predicted molar refractivity (Wildman–Crippen MR) is 74.1 cm³/mol. The molecule has 19 heavy (non-hydrogen) atoms. The Labute approximate surface area is 110 Å². The average Bonchev–Trinajstić information content (AvgIpc) is 2.83. The number of benzene rings is 1. The van der Waals surface area contributed by atoms with Gasteiger partial charge in [-0.25, -0.2) is 0 Å². The number of hydrogen-bond donors (Lipinski definition) is 3. The number of aromatic nitrogens is 1. The molecule has 2 rings (SSSR count). The Balaban J connectivity index is 2.10. The van der Waals surface area contributed by atoms with E-state index in [2.05, 4.69) is 15.3 Å². The van der Waals surface area contributed by atoms with E-state index in [4.69, 9.17) is 10.5 Å². The van der Waals surface area contributed by atoms with Crippen LogP contribution in [0.4, 0.5) is 0 Å². The van der Waals surface area contributed by atoms with Gasteiger partial charge in [-0.3, -0.25) is 15.1 Å². The van der Waals surface area contributed by atoms with Gasteiger partial charge in [-0.05, 0) is 6.07 Å². The summed E-state index contributed by atoms with van der Waals surface area (Å²) in [4.78, 5) is 19.0. The number of rotatable bonds is 4. The highest BCUT2D eigenvalue weighted by Gasteiger charge is 2.12. The van der Waals surface area contributed by atoms with Gasteiger partial charge in [-0.15, -0.1) is 0 Å². The average molecular weight is 260 g/mol. The highest BCUT2D eigenvalue weighted by Crippen LogP contribution is 2.17. The molecule has 1 aromatic heterocycles. The van der Waals surface area contributed by atoms with Gasteiger partial charge in [0.05, 0.1) is 18.7 Å². The van der Waals surface area contributed by atoms with E-state index >= 15 is 0 Å². The highest BCUT2D eigenvalue weighted by molar-refractivity contribution is 6.12. The summed E-state index contributed by atoms with van der Waals surface area (Å²) < 4.78 is 4.85. The first-order chi connectivity index (χ1) is 9.22. The summed E-state index contributed by atoms with van der Waals surface area (Å²) in [5.74, 6) is -0.191. The number of nitrogens with one attached hydrogen (secondary N) is 2. The van der Waals surface area contributed by atoms with E-state index < -0.39 is 0 Å². The van der Waals surface area contributed by atoms with Gasteiger partial charge in [0, 0.05) is 24.2 Å². The number of carbonyl (C=O) groups excluding carboxylic acids is 1. The Bertz CT molecular complexity index is 603. The Hall–Kier alpha value is -2.34. The van der Waals surface area contributed by atoms with Crippen molar-refractivity contribution in [2.75, 3.05) is 20.3 Å². The number of H-pyrrole nitrogens is 1. The summed E-state index contributed by atoms with van der Waals surface area (Å²) in [6.45, 7) is 0.875. The van der Waals surface area contributed by atoms with Crippen LogP contribution in [0.2, 0.25) is 0 Å². The predicted octanol–water partition coefficient (Wildman–Crippen LogP) is 0.859. The number of fused-ring (bicyclic) bond motifs is 1. The van der Waals surface area contributed by atoms with Gasteiger partial charge >= 0.3 is 0 Å². The largest absolute Gasteiger partial charge is 0.383 e. The highest BCUT2D eigenvalue weighted by atomic mass is 16.5. The number of carbonyl (C=O) groups is 1. The molecule has 0 bridgehead atoms. The number of aliphatic imine (C=N–C) groups is 1. The van der Waals surface area contributed by atoms with Crippen LogP contribution in [0.1, 0.15) is 10.4 Å². The zero-order valence-electron chi connectivity index (χ0n) is 10.6. The number of hydrogen-bond acceptors (Lipinski definition) is 3. The molecule has 0 spiro atoms. The fourth-order valence-electron chi connectivity index (χ4n) is 1.74. The monoisotopic (exact) mass is 260 g/mol. The van der Waals surface area contributed by atoms with E-state index in [9.17, 15) is 4.79 Å². The van der Waals surface area contributed by atoms with E-state index in [-0.39, 0.29) is 11.9 Å². The molecular weight excluding hydrogens is 244 g/mol. The maximum atomic E-state index is 12.0.